The SMILES string of the molecule is CC(C)(C)OC(=O)CCC(C#N)c1ccc(Br)cn1. The number of hydrogen-bond acceptors (Lipinski definition) is 4. The number of ether oxygens (including phenoxy) is 1. The topological polar surface area (TPSA) is 63.0 Å². The van der Waals surface area contributed by atoms with Crippen LogP contribution in [-0.4, -0.2) is 16.6 Å². The molecule has 0 radical (unpaired) electrons. The van der Waals surface area contributed by atoms with Crippen LogP contribution in [0, 0.1) is 11.3 Å². The molecule has 0 aliphatic rings. The Morgan fingerprint density at radius 1 is 1.53 bits per heavy atom. The number of aromatic nitrogens is 1. The molecule has 0 saturated heterocycles. The van der Waals surface area contributed by atoms with E-state index in [0.717, 1.165) is 4.47 Å². The lowest BCUT2D eigenvalue weighted by atomic mass is 10.0. The van der Waals surface area contributed by atoms with Gasteiger partial charge in [0.25, 0.3) is 0 Å². The maximum Gasteiger partial charge on any atom is 0.306 e. The van der Waals surface area contributed by atoms with Crippen molar-refractivity contribution in [2.45, 2.75) is 45.1 Å². The molecule has 102 valence electrons. The van der Waals surface area contributed by atoms with Gasteiger partial charge in [-0.1, -0.05) is 0 Å². The second kappa shape index (κ2) is 6.67. The van der Waals surface area contributed by atoms with E-state index in [1.54, 1.807) is 12.3 Å². The molecule has 0 N–H and O–H groups in total. The molecule has 0 aliphatic heterocycles. The van der Waals surface area contributed by atoms with Crippen molar-refractivity contribution in [2.24, 2.45) is 0 Å². The lowest BCUT2D eigenvalue weighted by Gasteiger charge is -2.19. The van der Waals surface area contributed by atoms with E-state index in [9.17, 15) is 4.79 Å². The molecule has 0 amide bonds. The maximum absolute atomic E-state index is 11.6. The average Bonchev–Trinajstić information content (AvgIpc) is 2.29. The van der Waals surface area contributed by atoms with E-state index in [0.29, 0.717) is 12.1 Å². The van der Waals surface area contributed by atoms with Crippen LogP contribution in [0.3, 0.4) is 0 Å². The molecule has 0 aliphatic carbocycles. The van der Waals surface area contributed by atoms with Gasteiger partial charge in [-0.25, -0.2) is 0 Å². The third-order valence-corrected chi connectivity index (χ3v) is 2.79. The molecule has 1 unspecified atom stereocenters. The number of nitrogens with zero attached hydrogens (tertiary/aromatic N) is 2. The number of carbonyl (C=O) groups is 1. The minimum atomic E-state index is -0.491. The van der Waals surface area contributed by atoms with E-state index in [4.69, 9.17) is 10.00 Å². The third-order valence-electron chi connectivity index (χ3n) is 2.32. The number of carbonyl (C=O) groups excluding carboxylic acids is 1. The van der Waals surface area contributed by atoms with Gasteiger partial charge in [0.15, 0.2) is 0 Å². The van der Waals surface area contributed by atoms with Crippen molar-refractivity contribution in [3.05, 3.63) is 28.5 Å². The fourth-order valence-corrected chi connectivity index (χ4v) is 1.76. The lowest BCUT2D eigenvalue weighted by molar-refractivity contribution is -0.154. The van der Waals surface area contributed by atoms with E-state index in [1.807, 2.05) is 26.8 Å². The van der Waals surface area contributed by atoms with Gasteiger partial charge in [0, 0.05) is 17.1 Å². The molecule has 1 heterocycles. The molecule has 4 nitrogen and oxygen atoms in total. The smallest absolute Gasteiger partial charge is 0.306 e. The molecule has 1 aromatic rings. The molecule has 0 bridgehead atoms. The minimum absolute atomic E-state index is 0.216. The first-order chi connectivity index (χ1) is 8.81. The van der Waals surface area contributed by atoms with E-state index in [1.165, 1.54) is 0 Å². The highest BCUT2D eigenvalue weighted by molar-refractivity contribution is 9.10. The van der Waals surface area contributed by atoms with Crippen molar-refractivity contribution < 1.29 is 9.53 Å². The number of halogens is 1. The maximum atomic E-state index is 11.6. The molecule has 0 spiro atoms. The fourth-order valence-electron chi connectivity index (χ4n) is 1.53. The highest BCUT2D eigenvalue weighted by atomic mass is 79.9. The van der Waals surface area contributed by atoms with E-state index >= 15 is 0 Å². The van der Waals surface area contributed by atoms with Crippen LogP contribution < -0.4 is 0 Å². The van der Waals surface area contributed by atoms with Crippen LogP contribution in [0.2, 0.25) is 0 Å². The van der Waals surface area contributed by atoms with Crippen LogP contribution in [0.5, 0.6) is 0 Å². The molecule has 1 rings (SSSR count). The number of hydrogen-bond donors (Lipinski definition) is 0. The highest BCUT2D eigenvalue weighted by Gasteiger charge is 2.19. The van der Waals surface area contributed by atoms with Crippen LogP contribution in [0.25, 0.3) is 0 Å². The van der Waals surface area contributed by atoms with E-state index in [2.05, 4.69) is 27.0 Å². The van der Waals surface area contributed by atoms with Gasteiger partial charge in [-0.05, 0) is 55.3 Å². The van der Waals surface area contributed by atoms with E-state index in [-0.39, 0.29) is 18.3 Å². The Balaban J connectivity index is 2.57. The molecule has 0 saturated carbocycles. The Labute approximate surface area is 121 Å². The summed E-state index contributed by atoms with van der Waals surface area (Å²) in [6.07, 6.45) is 2.28. The normalized spacial score (nSPS) is 12.6. The largest absolute Gasteiger partial charge is 0.460 e. The Bertz CT molecular complexity index is 472. The van der Waals surface area contributed by atoms with Gasteiger partial charge in [-0.3, -0.25) is 9.78 Å². The molecular formula is C14H17BrN2O2. The standard InChI is InChI=1S/C14H17BrN2O2/c1-14(2,3)19-13(18)7-4-10(8-16)12-6-5-11(15)9-17-12/h5-6,9-10H,4,7H2,1-3H3. The van der Waals surface area contributed by atoms with Crippen molar-refractivity contribution in [1.82, 2.24) is 4.98 Å². The fraction of sp³-hybridized carbons (Fsp3) is 0.500. The number of rotatable bonds is 4. The number of nitriles is 1. The van der Waals surface area contributed by atoms with Crippen LogP contribution >= 0.6 is 15.9 Å². The summed E-state index contributed by atoms with van der Waals surface area (Å²) in [5, 5.41) is 9.14. The zero-order valence-corrected chi connectivity index (χ0v) is 12.9. The highest BCUT2D eigenvalue weighted by Crippen LogP contribution is 2.21. The monoisotopic (exact) mass is 324 g/mol. The van der Waals surface area contributed by atoms with Gasteiger partial charge in [0.05, 0.1) is 17.7 Å². The summed E-state index contributed by atoms with van der Waals surface area (Å²) in [7, 11) is 0. The van der Waals surface area contributed by atoms with Crippen molar-refractivity contribution in [3.8, 4) is 6.07 Å². The zero-order chi connectivity index (χ0) is 14.5. The molecule has 1 atom stereocenters. The summed E-state index contributed by atoms with van der Waals surface area (Å²) in [5.41, 5.74) is 0.184. The third kappa shape index (κ3) is 5.84. The Kier molecular flexibility index (Phi) is 5.49. The van der Waals surface area contributed by atoms with Crippen LogP contribution in [-0.2, 0) is 9.53 Å². The van der Waals surface area contributed by atoms with Gasteiger partial charge in [0.2, 0.25) is 0 Å². The summed E-state index contributed by atoms with van der Waals surface area (Å²) >= 11 is 3.29. The van der Waals surface area contributed by atoms with Gasteiger partial charge in [-0.2, -0.15) is 5.26 Å². The average molecular weight is 325 g/mol. The van der Waals surface area contributed by atoms with Gasteiger partial charge >= 0.3 is 5.97 Å². The summed E-state index contributed by atoms with van der Waals surface area (Å²) < 4.78 is 6.07. The van der Waals surface area contributed by atoms with Crippen molar-refractivity contribution in [3.63, 3.8) is 0 Å². The Morgan fingerprint density at radius 2 is 2.21 bits per heavy atom. The number of pyridine rings is 1. The van der Waals surface area contributed by atoms with Gasteiger partial charge < -0.3 is 4.74 Å². The first kappa shape index (κ1) is 15.6. The first-order valence-corrected chi connectivity index (χ1v) is 6.84. The molecule has 0 aromatic carbocycles. The summed E-state index contributed by atoms with van der Waals surface area (Å²) in [5.74, 6) is -0.675. The summed E-state index contributed by atoms with van der Waals surface area (Å²) in [6.45, 7) is 5.47. The predicted molar refractivity (Wildman–Crippen MR) is 75.4 cm³/mol. The van der Waals surface area contributed by atoms with Crippen molar-refractivity contribution >= 4 is 21.9 Å². The second-order valence-corrected chi connectivity index (χ2v) is 6.12. The van der Waals surface area contributed by atoms with Crippen LogP contribution in [0.4, 0.5) is 0 Å². The van der Waals surface area contributed by atoms with Gasteiger partial charge in [0.1, 0.15) is 5.60 Å². The molecular weight excluding hydrogens is 308 g/mol. The quantitative estimate of drug-likeness (QED) is 0.794. The molecule has 0 fully saturated rings. The minimum Gasteiger partial charge on any atom is -0.460 e. The molecule has 5 heteroatoms. The van der Waals surface area contributed by atoms with E-state index < -0.39 is 5.60 Å². The van der Waals surface area contributed by atoms with Crippen LogP contribution in [0.15, 0.2) is 22.8 Å². The first-order valence-electron chi connectivity index (χ1n) is 6.05. The van der Waals surface area contributed by atoms with Gasteiger partial charge in [-0.15, -0.1) is 0 Å². The Morgan fingerprint density at radius 3 is 2.68 bits per heavy atom. The Hall–Kier alpha value is -1.41. The zero-order valence-electron chi connectivity index (χ0n) is 11.3. The summed E-state index contributed by atoms with van der Waals surface area (Å²) in [6, 6.07) is 5.79. The van der Waals surface area contributed by atoms with Crippen molar-refractivity contribution in [1.29, 1.82) is 5.26 Å². The lowest BCUT2D eigenvalue weighted by Crippen LogP contribution is -2.24. The van der Waals surface area contributed by atoms with Crippen molar-refractivity contribution in [2.75, 3.05) is 0 Å². The summed E-state index contributed by atoms with van der Waals surface area (Å²) in [4.78, 5) is 15.8. The second-order valence-electron chi connectivity index (χ2n) is 5.21. The molecule has 19 heavy (non-hydrogen) atoms. The molecule has 1 aromatic heterocycles. The predicted octanol–water partition coefficient (Wildman–Crippen LogP) is 3.57. The number of esters is 1. The van der Waals surface area contributed by atoms with Crippen LogP contribution in [0.1, 0.15) is 45.2 Å².